The molecule has 1 aromatic carbocycles. The van der Waals surface area contributed by atoms with Crippen molar-refractivity contribution >= 4 is 0 Å². The predicted octanol–water partition coefficient (Wildman–Crippen LogP) is 3.14. The Morgan fingerprint density at radius 3 is 2.48 bits per heavy atom. The fourth-order valence-corrected chi connectivity index (χ4v) is 2.36. The minimum Gasteiger partial charge on any atom is -0.361 e. The molecular weight excluding hydrogens is 288 g/mol. The highest BCUT2D eigenvalue weighted by atomic mass is 16.5. The van der Waals surface area contributed by atoms with Gasteiger partial charge in [-0.2, -0.15) is 0 Å². The van der Waals surface area contributed by atoms with Crippen LogP contribution in [0.25, 0.3) is 0 Å². The summed E-state index contributed by atoms with van der Waals surface area (Å²) in [5.41, 5.74) is 3.68. The van der Waals surface area contributed by atoms with Gasteiger partial charge in [0.25, 0.3) is 5.56 Å². The van der Waals surface area contributed by atoms with Crippen LogP contribution in [-0.2, 0) is 17.7 Å². The Labute approximate surface area is 137 Å². The fraction of sp³-hybridized carbons (Fsp3) is 0.421. The molecule has 2 N–H and O–H groups in total. The van der Waals surface area contributed by atoms with Crippen molar-refractivity contribution < 1.29 is 4.74 Å². The number of pyridine rings is 1. The van der Waals surface area contributed by atoms with Gasteiger partial charge in [0.15, 0.2) is 0 Å². The lowest BCUT2D eigenvalue weighted by Gasteiger charge is -2.20. The second-order valence-corrected chi connectivity index (χ2v) is 6.78. The quantitative estimate of drug-likeness (QED) is 0.636. The van der Waals surface area contributed by atoms with E-state index in [2.05, 4.69) is 28.5 Å². The van der Waals surface area contributed by atoms with Crippen LogP contribution < -0.4 is 10.9 Å². The highest BCUT2D eigenvalue weighted by Gasteiger charge is 2.10. The van der Waals surface area contributed by atoms with E-state index in [1.807, 2.05) is 45.9 Å². The van der Waals surface area contributed by atoms with Crippen LogP contribution in [0.2, 0.25) is 0 Å². The number of benzene rings is 1. The number of hydrogen-bond donors (Lipinski definition) is 2. The van der Waals surface area contributed by atoms with Crippen LogP contribution in [0.15, 0.2) is 41.2 Å². The van der Waals surface area contributed by atoms with Gasteiger partial charge in [-0.15, -0.1) is 0 Å². The van der Waals surface area contributed by atoms with Crippen molar-refractivity contribution in [2.75, 3.05) is 6.73 Å². The van der Waals surface area contributed by atoms with E-state index in [1.54, 1.807) is 0 Å². The smallest absolute Gasteiger partial charge is 0.252 e. The van der Waals surface area contributed by atoms with E-state index >= 15 is 0 Å². The van der Waals surface area contributed by atoms with E-state index in [9.17, 15) is 4.79 Å². The zero-order valence-electron chi connectivity index (χ0n) is 14.4. The maximum Gasteiger partial charge on any atom is 0.252 e. The molecule has 0 aliphatic carbocycles. The zero-order valence-corrected chi connectivity index (χ0v) is 14.4. The zero-order chi connectivity index (χ0) is 16.9. The summed E-state index contributed by atoms with van der Waals surface area (Å²) in [7, 11) is 0. The predicted molar refractivity (Wildman–Crippen MR) is 93.6 cm³/mol. The van der Waals surface area contributed by atoms with E-state index in [1.165, 1.54) is 5.56 Å². The summed E-state index contributed by atoms with van der Waals surface area (Å²) in [6.45, 7) is 8.92. The molecule has 2 aromatic rings. The van der Waals surface area contributed by atoms with Crippen molar-refractivity contribution in [1.29, 1.82) is 0 Å². The first-order valence-corrected chi connectivity index (χ1v) is 7.95. The Bertz CT molecular complexity index is 685. The Morgan fingerprint density at radius 1 is 1.17 bits per heavy atom. The summed E-state index contributed by atoms with van der Waals surface area (Å²) in [6, 6.07) is 12.2. The van der Waals surface area contributed by atoms with Gasteiger partial charge in [-0.1, -0.05) is 30.3 Å². The molecule has 23 heavy (non-hydrogen) atoms. The lowest BCUT2D eigenvalue weighted by Crippen LogP contribution is -2.29. The Hall–Kier alpha value is -1.91. The second-order valence-electron chi connectivity index (χ2n) is 6.78. The minimum atomic E-state index is -0.187. The largest absolute Gasteiger partial charge is 0.361 e. The third-order valence-corrected chi connectivity index (χ3v) is 3.56. The van der Waals surface area contributed by atoms with Crippen LogP contribution in [0.1, 0.15) is 43.2 Å². The maximum atomic E-state index is 12.3. The molecule has 0 fully saturated rings. The van der Waals surface area contributed by atoms with Crippen LogP contribution >= 0.6 is 0 Å². The molecule has 0 aliphatic heterocycles. The van der Waals surface area contributed by atoms with Crippen molar-refractivity contribution in [2.45, 2.75) is 46.3 Å². The summed E-state index contributed by atoms with van der Waals surface area (Å²) >= 11 is 0. The molecule has 0 aliphatic rings. The van der Waals surface area contributed by atoms with Gasteiger partial charge in [-0.25, -0.2) is 0 Å². The number of aromatic nitrogens is 1. The number of rotatable bonds is 6. The molecule has 1 heterocycles. The molecule has 0 amide bonds. The van der Waals surface area contributed by atoms with Crippen molar-refractivity contribution in [1.82, 2.24) is 10.3 Å². The van der Waals surface area contributed by atoms with Gasteiger partial charge in [-0.3, -0.25) is 10.1 Å². The topological polar surface area (TPSA) is 54.1 Å². The number of ether oxygens (including phenoxy) is 1. The van der Waals surface area contributed by atoms with Crippen LogP contribution in [-0.4, -0.2) is 17.3 Å². The monoisotopic (exact) mass is 314 g/mol. The van der Waals surface area contributed by atoms with Gasteiger partial charge in [0.2, 0.25) is 0 Å². The molecule has 0 saturated carbocycles. The van der Waals surface area contributed by atoms with Crippen LogP contribution in [0.3, 0.4) is 0 Å². The molecule has 0 spiro atoms. The molecule has 0 unspecified atom stereocenters. The molecule has 4 nitrogen and oxygen atoms in total. The van der Waals surface area contributed by atoms with Crippen molar-refractivity contribution in [3.05, 3.63) is 69.1 Å². The van der Waals surface area contributed by atoms with Gasteiger partial charge in [0.1, 0.15) is 0 Å². The summed E-state index contributed by atoms with van der Waals surface area (Å²) in [4.78, 5) is 15.3. The van der Waals surface area contributed by atoms with Crippen LogP contribution in [0.5, 0.6) is 0 Å². The molecule has 0 radical (unpaired) electrons. The first-order chi connectivity index (χ1) is 10.8. The summed E-state index contributed by atoms with van der Waals surface area (Å²) in [5, 5.41) is 3.17. The third-order valence-electron chi connectivity index (χ3n) is 3.56. The number of aryl methyl sites for hydroxylation is 1. The normalized spacial score (nSPS) is 11.7. The van der Waals surface area contributed by atoms with Gasteiger partial charge in [-0.05, 0) is 44.9 Å². The van der Waals surface area contributed by atoms with E-state index in [-0.39, 0.29) is 11.2 Å². The molecular formula is C19H26N2O2. The molecule has 124 valence electrons. The molecule has 2 rings (SSSR count). The number of H-pyrrole nitrogens is 1. The lowest BCUT2D eigenvalue weighted by atomic mass is 10.1. The van der Waals surface area contributed by atoms with Gasteiger partial charge >= 0.3 is 0 Å². The first-order valence-electron chi connectivity index (χ1n) is 7.95. The first kappa shape index (κ1) is 17.4. The Kier molecular flexibility index (Phi) is 5.74. The van der Waals surface area contributed by atoms with Crippen molar-refractivity contribution in [3.8, 4) is 0 Å². The van der Waals surface area contributed by atoms with E-state index in [0.29, 0.717) is 13.3 Å². The van der Waals surface area contributed by atoms with Gasteiger partial charge in [0.05, 0.1) is 12.3 Å². The molecule has 1 aromatic heterocycles. The molecule has 0 saturated heterocycles. The second kappa shape index (κ2) is 7.57. The summed E-state index contributed by atoms with van der Waals surface area (Å²) < 4.78 is 5.61. The van der Waals surface area contributed by atoms with Gasteiger partial charge in [0, 0.05) is 24.2 Å². The van der Waals surface area contributed by atoms with E-state index in [4.69, 9.17) is 4.74 Å². The standard InChI is InChI=1S/C19H26N2O2/c1-14-10-16(11-15-8-6-5-7-9-15)21-18(22)17(14)12-20-13-23-19(2,3)4/h5-10,20H,11-13H2,1-4H3,(H,21,22). The van der Waals surface area contributed by atoms with E-state index in [0.717, 1.165) is 23.2 Å². The number of hydrogen-bond acceptors (Lipinski definition) is 3. The maximum absolute atomic E-state index is 12.3. The fourth-order valence-electron chi connectivity index (χ4n) is 2.36. The van der Waals surface area contributed by atoms with Crippen molar-refractivity contribution in [2.24, 2.45) is 0 Å². The molecule has 0 bridgehead atoms. The van der Waals surface area contributed by atoms with Crippen molar-refractivity contribution in [3.63, 3.8) is 0 Å². The Balaban J connectivity index is 2.01. The molecule has 4 heteroatoms. The number of aromatic amines is 1. The highest BCUT2D eigenvalue weighted by molar-refractivity contribution is 5.29. The van der Waals surface area contributed by atoms with E-state index < -0.39 is 0 Å². The lowest BCUT2D eigenvalue weighted by molar-refractivity contribution is -0.0138. The minimum absolute atomic E-state index is 0.0285. The Morgan fingerprint density at radius 2 is 1.87 bits per heavy atom. The van der Waals surface area contributed by atoms with Crippen LogP contribution in [0, 0.1) is 6.92 Å². The summed E-state index contributed by atoms with van der Waals surface area (Å²) in [6.07, 6.45) is 0.734. The average molecular weight is 314 g/mol. The number of nitrogens with one attached hydrogen (secondary N) is 2. The average Bonchev–Trinajstić information content (AvgIpc) is 2.45. The van der Waals surface area contributed by atoms with Gasteiger partial charge < -0.3 is 9.72 Å². The molecule has 0 atom stereocenters. The SMILES string of the molecule is Cc1cc(Cc2ccccc2)[nH]c(=O)c1CNCOC(C)(C)C. The highest BCUT2D eigenvalue weighted by Crippen LogP contribution is 2.10. The summed E-state index contributed by atoms with van der Waals surface area (Å²) in [5.74, 6) is 0. The third kappa shape index (κ3) is 5.66. The van der Waals surface area contributed by atoms with Crippen LogP contribution in [0.4, 0.5) is 0 Å².